The normalized spacial score (nSPS) is 11.1. The molecular formula is C40H26N4O. The van der Waals surface area contributed by atoms with Crippen LogP contribution in [0.3, 0.4) is 0 Å². The second-order valence-corrected chi connectivity index (χ2v) is 10.7. The van der Waals surface area contributed by atoms with Crippen LogP contribution in [0.15, 0.2) is 162 Å². The molecular weight excluding hydrogens is 552 g/mol. The molecule has 6 aromatic carbocycles. The van der Waals surface area contributed by atoms with Gasteiger partial charge in [0.05, 0.1) is 0 Å². The van der Waals surface area contributed by atoms with Crippen molar-refractivity contribution >= 4 is 11.1 Å². The number of nitrogens with zero attached hydrogens (tertiary/aromatic N) is 4. The molecule has 0 unspecified atom stereocenters. The average Bonchev–Trinajstić information content (AvgIpc) is 3.57. The summed E-state index contributed by atoms with van der Waals surface area (Å²) in [4.78, 5) is 19.5. The number of aromatic nitrogens is 4. The van der Waals surface area contributed by atoms with Gasteiger partial charge < -0.3 is 4.42 Å². The number of hydrogen-bond acceptors (Lipinski definition) is 5. The Kier molecular flexibility index (Phi) is 6.74. The zero-order valence-electron chi connectivity index (χ0n) is 24.2. The highest BCUT2D eigenvalue weighted by molar-refractivity contribution is 5.83. The lowest BCUT2D eigenvalue weighted by atomic mass is 9.96. The lowest BCUT2D eigenvalue weighted by Gasteiger charge is -2.12. The Morgan fingerprint density at radius 1 is 0.333 bits per heavy atom. The Hall–Kier alpha value is -6.20. The predicted molar refractivity (Wildman–Crippen MR) is 180 cm³/mol. The van der Waals surface area contributed by atoms with Gasteiger partial charge in [0.25, 0.3) is 0 Å². The van der Waals surface area contributed by atoms with E-state index in [4.69, 9.17) is 19.4 Å². The van der Waals surface area contributed by atoms with Crippen molar-refractivity contribution in [2.75, 3.05) is 0 Å². The third kappa shape index (κ3) is 5.28. The molecule has 0 radical (unpaired) electrons. The molecule has 212 valence electrons. The average molecular weight is 579 g/mol. The van der Waals surface area contributed by atoms with Crippen LogP contribution >= 0.6 is 0 Å². The first kappa shape index (κ1) is 26.4. The predicted octanol–water partition coefficient (Wildman–Crippen LogP) is 10.0. The molecule has 2 aromatic heterocycles. The lowest BCUT2D eigenvalue weighted by Crippen LogP contribution is -2.01. The number of rotatable bonds is 6. The molecule has 8 aromatic rings. The smallest absolute Gasteiger partial charge is 0.227 e. The number of fused-ring (bicyclic) bond motifs is 1. The van der Waals surface area contributed by atoms with Crippen LogP contribution in [0, 0.1) is 0 Å². The van der Waals surface area contributed by atoms with Crippen molar-refractivity contribution in [2.45, 2.75) is 0 Å². The molecule has 0 saturated heterocycles. The van der Waals surface area contributed by atoms with Crippen LogP contribution in [0.4, 0.5) is 0 Å². The molecule has 45 heavy (non-hydrogen) atoms. The Balaban J connectivity index is 1.17. The van der Waals surface area contributed by atoms with Crippen LogP contribution < -0.4 is 0 Å². The van der Waals surface area contributed by atoms with Gasteiger partial charge in [-0.15, -0.1) is 0 Å². The fourth-order valence-electron chi connectivity index (χ4n) is 5.53. The summed E-state index contributed by atoms with van der Waals surface area (Å²) in [5, 5.41) is 0. The summed E-state index contributed by atoms with van der Waals surface area (Å²) in [5.74, 6) is 2.53. The SMILES string of the molecule is c1ccc(-c2nc(-c3ccccc3)nc(-c3ccccc3-c3ccc(-c4cccc(-c5nc6ccccc6o5)c4)cc3)n2)cc1. The van der Waals surface area contributed by atoms with Crippen molar-refractivity contribution in [3.05, 3.63) is 158 Å². The molecule has 5 heteroatoms. The minimum atomic E-state index is 0.616. The van der Waals surface area contributed by atoms with Crippen LogP contribution in [-0.4, -0.2) is 19.9 Å². The van der Waals surface area contributed by atoms with Crippen LogP contribution in [0.25, 0.3) is 79.0 Å². The number of para-hydroxylation sites is 2. The quantitative estimate of drug-likeness (QED) is 0.196. The Morgan fingerprint density at radius 3 is 1.56 bits per heavy atom. The summed E-state index contributed by atoms with van der Waals surface area (Å²) in [5.41, 5.74) is 9.73. The Morgan fingerprint density at radius 2 is 0.867 bits per heavy atom. The molecule has 0 spiro atoms. The summed E-state index contributed by atoms with van der Waals surface area (Å²) in [6.07, 6.45) is 0. The van der Waals surface area contributed by atoms with Crippen molar-refractivity contribution in [3.8, 4) is 67.9 Å². The van der Waals surface area contributed by atoms with Gasteiger partial charge in [0, 0.05) is 22.3 Å². The van der Waals surface area contributed by atoms with Gasteiger partial charge >= 0.3 is 0 Å². The second-order valence-electron chi connectivity index (χ2n) is 10.7. The van der Waals surface area contributed by atoms with Crippen LogP contribution in [0.5, 0.6) is 0 Å². The van der Waals surface area contributed by atoms with E-state index in [-0.39, 0.29) is 0 Å². The van der Waals surface area contributed by atoms with Crippen molar-refractivity contribution in [2.24, 2.45) is 0 Å². The van der Waals surface area contributed by atoms with Gasteiger partial charge in [0.2, 0.25) is 5.89 Å². The van der Waals surface area contributed by atoms with Gasteiger partial charge in [0.15, 0.2) is 23.1 Å². The Labute approximate surface area is 260 Å². The maximum atomic E-state index is 6.02. The van der Waals surface area contributed by atoms with Gasteiger partial charge in [-0.2, -0.15) is 0 Å². The van der Waals surface area contributed by atoms with E-state index in [9.17, 15) is 0 Å². The van der Waals surface area contributed by atoms with E-state index < -0.39 is 0 Å². The first-order chi connectivity index (χ1) is 22.3. The minimum absolute atomic E-state index is 0.616. The zero-order chi connectivity index (χ0) is 30.0. The molecule has 0 aliphatic rings. The monoisotopic (exact) mass is 578 g/mol. The first-order valence-corrected chi connectivity index (χ1v) is 14.8. The molecule has 2 heterocycles. The number of oxazole rings is 1. The molecule has 0 N–H and O–H groups in total. The van der Waals surface area contributed by atoms with Crippen molar-refractivity contribution in [1.29, 1.82) is 0 Å². The van der Waals surface area contributed by atoms with Gasteiger partial charge in [-0.3, -0.25) is 0 Å². The molecule has 0 aliphatic heterocycles. The van der Waals surface area contributed by atoms with Gasteiger partial charge in [-0.25, -0.2) is 19.9 Å². The van der Waals surface area contributed by atoms with E-state index in [1.807, 2.05) is 109 Å². The maximum Gasteiger partial charge on any atom is 0.227 e. The van der Waals surface area contributed by atoms with E-state index >= 15 is 0 Å². The van der Waals surface area contributed by atoms with Crippen molar-refractivity contribution in [1.82, 2.24) is 19.9 Å². The van der Waals surface area contributed by atoms with Crippen molar-refractivity contribution in [3.63, 3.8) is 0 Å². The minimum Gasteiger partial charge on any atom is -0.436 e. The summed E-state index contributed by atoms with van der Waals surface area (Å²) < 4.78 is 6.02. The van der Waals surface area contributed by atoms with Gasteiger partial charge in [-0.1, -0.05) is 133 Å². The molecule has 0 bridgehead atoms. The van der Waals surface area contributed by atoms with E-state index in [0.717, 1.165) is 55.6 Å². The van der Waals surface area contributed by atoms with Crippen molar-refractivity contribution < 1.29 is 4.42 Å². The molecule has 0 amide bonds. The summed E-state index contributed by atoms with van der Waals surface area (Å²) in [6.45, 7) is 0. The topological polar surface area (TPSA) is 64.7 Å². The fourth-order valence-corrected chi connectivity index (χ4v) is 5.53. The Bertz CT molecular complexity index is 2170. The number of benzene rings is 6. The van der Waals surface area contributed by atoms with Crippen LogP contribution in [-0.2, 0) is 0 Å². The summed E-state index contributed by atoms with van der Waals surface area (Å²) in [6, 6.07) is 53.1. The zero-order valence-corrected chi connectivity index (χ0v) is 24.2. The standard InChI is InChI=1S/C40H26N4O/c1-3-12-29(13-4-1)37-42-38(30-14-5-2-6-15-30)44-39(43-37)34-19-8-7-18-33(34)28-24-22-27(23-25-28)31-16-11-17-32(26-31)40-41-35-20-9-10-21-36(35)45-40/h1-26H. The van der Waals surface area contributed by atoms with E-state index in [1.165, 1.54) is 0 Å². The summed E-state index contributed by atoms with van der Waals surface area (Å²) in [7, 11) is 0. The molecule has 0 aliphatic carbocycles. The molecule has 0 atom stereocenters. The van der Waals surface area contributed by atoms with E-state index in [0.29, 0.717) is 23.4 Å². The van der Waals surface area contributed by atoms with Crippen LogP contribution in [0.2, 0.25) is 0 Å². The van der Waals surface area contributed by atoms with Gasteiger partial charge in [-0.05, 0) is 46.5 Å². The van der Waals surface area contributed by atoms with E-state index in [2.05, 4.69) is 53.5 Å². The summed E-state index contributed by atoms with van der Waals surface area (Å²) >= 11 is 0. The maximum absolute atomic E-state index is 6.02. The lowest BCUT2D eigenvalue weighted by molar-refractivity contribution is 0.620. The molecule has 0 saturated carbocycles. The third-order valence-corrected chi connectivity index (χ3v) is 7.80. The fraction of sp³-hybridized carbons (Fsp3) is 0. The molecule has 8 rings (SSSR count). The van der Waals surface area contributed by atoms with Crippen LogP contribution in [0.1, 0.15) is 0 Å². The second kappa shape index (κ2) is 11.5. The number of hydrogen-bond donors (Lipinski definition) is 0. The van der Waals surface area contributed by atoms with E-state index in [1.54, 1.807) is 0 Å². The third-order valence-electron chi connectivity index (χ3n) is 7.80. The first-order valence-electron chi connectivity index (χ1n) is 14.8. The highest BCUT2D eigenvalue weighted by atomic mass is 16.3. The highest BCUT2D eigenvalue weighted by Crippen LogP contribution is 2.34. The molecule has 5 nitrogen and oxygen atoms in total. The highest BCUT2D eigenvalue weighted by Gasteiger charge is 2.16. The molecule has 0 fully saturated rings. The van der Waals surface area contributed by atoms with Gasteiger partial charge in [0.1, 0.15) is 5.52 Å². The largest absolute Gasteiger partial charge is 0.436 e.